The average Bonchev–Trinajstić information content (AvgIpc) is 3.65. The van der Waals surface area contributed by atoms with Crippen molar-refractivity contribution in [3.8, 4) is 0 Å². The molecule has 1 aliphatic carbocycles. The molecular weight excluding hydrogens is 434 g/mol. The van der Waals surface area contributed by atoms with Crippen LogP contribution in [0.5, 0.6) is 0 Å². The van der Waals surface area contributed by atoms with Gasteiger partial charge in [0.2, 0.25) is 0 Å². The van der Waals surface area contributed by atoms with Crippen LogP contribution in [0.2, 0.25) is 0 Å². The zero-order valence-corrected chi connectivity index (χ0v) is 20.5. The number of amides is 1. The molecule has 4 rings (SSSR count). The Labute approximate surface area is 202 Å². The van der Waals surface area contributed by atoms with Crippen LogP contribution in [0.4, 0.5) is 0 Å². The molecule has 2 aromatic rings. The number of fused-ring (bicyclic) bond motifs is 1. The SMILES string of the molecule is COCCCOCC1CNCC(C(=O)N(Cc2cn(CCCOC)c3ccccc23)C2CC2)O1. The minimum Gasteiger partial charge on any atom is -0.385 e. The molecule has 1 aromatic heterocycles. The van der Waals surface area contributed by atoms with Crippen LogP contribution >= 0.6 is 0 Å². The first-order valence-electron chi connectivity index (χ1n) is 12.5. The number of aryl methyl sites for hydroxylation is 1. The summed E-state index contributed by atoms with van der Waals surface area (Å²) in [5, 5.41) is 4.58. The lowest BCUT2D eigenvalue weighted by Crippen LogP contribution is -2.54. The van der Waals surface area contributed by atoms with Gasteiger partial charge in [0.05, 0.1) is 12.7 Å². The van der Waals surface area contributed by atoms with Gasteiger partial charge in [-0.05, 0) is 37.3 Å². The molecular formula is C26H39N3O5. The number of rotatable bonds is 14. The van der Waals surface area contributed by atoms with Crippen LogP contribution in [0.1, 0.15) is 31.2 Å². The lowest BCUT2D eigenvalue weighted by atomic mass is 10.1. The number of hydrogen-bond donors (Lipinski definition) is 1. The molecule has 8 heteroatoms. The Morgan fingerprint density at radius 2 is 1.91 bits per heavy atom. The minimum atomic E-state index is -0.475. The van der Waals surface area contributed by atoms with Gasteiger partial charge in [0, 0.05) is 83.4 Å². The summed E-state index contributed by atoms with van der Waals surface area (Å²) in [4.78, 5) is 15.6. The van der Waals surface area contributed by atoms with Gasteiger partial charge in [-0.1, -0.05) is 18.2 Å². The first-order valence-corrected chi connectivity index (χ1v) is 12.5. The lowest BCUT2D eigenvalue weighted by Gasteiger charge is -2.33. The number of aromatic nitrogens is 1. The van der Waals surface area contributed by atoms with Crippen molar-refractivity contribution in [1.29, 1.82) is 0 Å². The van der Waals surface area contributed by atoms with Crippen molar-refractivity contribution in [3.05, 3.63) is 36.0 Å². The third-order valence-corrected chi connectivity index (χ3v) is 6.50. The second kappa shape index (κ2) is 12.7. The number of hydrogen-bond acceptors (Lipinski definition) is 6. The standard InChI is InChI=1S/C26H39N3O5/c1-31-12-5-11-28-17-20(23-7-3-4-8-24(23)28)18-29(21-9-10-21)26(30)25-16-27-15-22(34-25)19-33-14-6-13-32-2/h3-4,7-8,17,21-22,25,27H,5-6,9-16,18-19H2,1-2H3. The van der Waals surface area contributed by atoms with E-state index in [0.29, 0.717) is 45.5 Å². The minimum absolute atomic E-state index is 0.0790. The fraction of sp³-hybridized carbons (Fsp3) is 0.654. The molecule has 1 amide bonds. The van der Waals surface area contributed by atoms with Gasteiger partial charge in [-0.15, -0.1) is 0 Å². The third-order valence-electron chi connectivity index (χ3n) is 6.50. The van der Waals surface area contributed by atoms with Crippen LogP contribution in [0.15, 0.2) is 30.5 Å². The first kappa shape index (κ1) is 25.1. The van der Waals surface area contributed by atoms with Crippen molar-refractivity contribution in [2.75, 3.05) is 53.7 Å². The molecule has 8 nitrogen and oxygen atoms in total. The van der Waals surface area contributed by atoms with E-state index in [1.165, 1.54) is 16.5 Å². The predicted molar refractivity (Wildman–Crippen MR) is 131 cm³/mol. The topological polar surface area (TPSA) is 74.2 Å². The average molecular weight is 474 g/mol. The number of carbonyl (C=O) groups is 1. The largest absolute Gasteiger partial charge is 0.385 e. The summed E-state index contributed by atoms with van der Waals surface area (Å²) in [6.45, 7) is 5.29. The van der Waals surface area contributed by atoms with Gasteiger partial charge >= 0.3 is 0 Å². The molecule has 2 aliphatic rings. The Hall–Kier alpha value is -1.97. The van der Waals surface area contributed by atoms with Crippen LogP contribution in [0, 0.1) is 0 Å². The molecule has 1 aromatic carbocycles. The molecule has 1 N–H and O–H groups in total. The number of nitrogens with one attached hydrogen (secondary N) is 1. The van der Waals surface area contributed by atoms with Crippen LogP contribution in [-0.2, 0) is 36.8 Å². The molecule has 1 saturated heterocycles. The summed E-state index contributed by atoms with van der Waals surface area (Å²) >= 11 is 0. The highest BCUT2D eigenvalue weighted by Gasteiger charge is 2.38. The highest BCUT2D eigenvalue weighted by molar-refractivity contribution is 5.86. The first-order chi connectivity index (χ1) is 16.7. The summed E-state index contributed by atoms with van der Waals surface area (Å²) in [6, 6.07) is 8.75. The van der Waals surface area contributed by atoms with E-state index in [9.17, 15) is 4.79 Å². The van der Waals surface area contributed by atoms with Gasteiger partial charge in [0.1, 0.15) is 6.10 Å². The fourth-order valence-corrected chi connectivity index (χ4v) is 4.62. The summed E-state index contributed by atoms with van der Waals surface area (Å²) in [7, 11) is 3.42. The number of carbonyl (C=O) groups excluding carboxylic acids is 1. The maximum Gasteiger partial charge on any atom is 0.253 e. The van der Waals surface area contributed by atoms with E-state index < -0.39 is 6.10 Å². The van der Waals surface area contributed by atoms with E-state index in [1.54, 1.807) is 14.2 Å². The highest BCUT2D eigenvalue weighted by Crippen LogP contribution is 2.32. The molecule has 1 aliphatic heterocycles. The van der Waals surface area contributed by atoms with E-state index in [4.69, 9.17) is 18.9 Å². The summed E-state index contributed by atoms with van der Waals surface area (Å²) in [5.74, 6) is 0.0790. The van der Waals surface area contributed by atoms with Crippen molar-refractivity contribution < 1.29 is 23.7 Å². The van der Waals surface area contributed by atoms with E-state index >= 15 is 0 Å². The van der Waals surface area contributed by atoms with E-state index in [2.05, 4.69) is 40.3 Å². The molecule has 1 saturated carbocycles. The van der Waals surface area contributed by atoms with Gasteiger partial charge in [-0.3, -0.25) is 4.79 Å². The van der Waals surface area contributed by atoms with E-state index in [1.807, 2.05) is 4.90 Å². The predicted octanol–water partition coefficient (Wildman–Crippen LogP) is 2.58. The van der Waals surface area contributed by atoms with Crippen LogP contribution in [-0.4, -0.2) is 87.4 Å². The Morgan fingerprint density at radius 1 is 1.12 bits per heavy atom. The fourth-order valence-electron chi connectivity index (χ4n) is 4.62. The molecule has 0 radical (unpaired) electrons. The number of para-hydroxylation sites is 1. The van der Waals surface area contributed by atoms with Crippen LogP contribution in [0.3, 0.4) is 0 Å². The number of nitrogens with zero attached hydrogens (tertiary/aromatic N) is 2. The van der Waals surface area contributed by atoms with Crippen molar-refractivity contribution in [3.63, 3.8) is 0 Å². The zero-order chi connectivity index (χ0) is 23.8. The van der Waals surface area contributed by atoms with Gasteiger partial charge in [0.25, 0.3) is 5.91 Å². The molecule has 188 valence electrons. The number of benzene rings is 1. The number of ether oxygens (including phenoxy) is 4. The normalized spacial score (nSPS) is 20.6. The quantitative estimate of drug-likeness (QED) is 0.425. The van der Waals surface area contributed by atoms with Crippen molar-refractivity contribution in [2.24, 2.45) is 0 Å². The van der Waals surface area contributed by atoms with Crippen molar-refractivity contribution >= 4 is 16.8 Å². The molecule has 2 fully saturated rings. The molecule has 2 atom stereocenters. The molecule has 0 bridgehead atoms. The molecule has 34 heavy (non-hydrogen) atoms. The van der Waals surface area contributed by atoms with Gasteiger partial charge in [0.15, 0.2) is 0 Å². The van der Waals surface area contributed by atoms with Gasteiger partial charge in [-0.25, -0.2) is 0 Å². The second-order valence-corrected chi connectivity index (χ2v) is 9.23. The highest BCUT2D eigenvalue weighted by atomic mass is 16.5. The summed E-state index contributed by atoms with van der Waals surface area (Å²) in [6.07, 6.45) is 5.55. The van der Waals surface area contributed by atoms with E-state index in [-0.39, 0.29) is 12.0 Å². The molecule has 0 spiro atoms. The smallest absolute Gasteiger partial charge is 0.253 e. The number of methoxy groups -OCH3 is 2. The Balaban J connectivity index is 1.41. The maximum absolute atomic E-state index is 13.6. The Bertz CT molecular complexity index is 913. The van der Waals surface area contributed by atoms with Crippen molar-refractivity contribution in [2.45, 2.75) is 57.0 Å². The number of morpholine rings is 1. The summed E-state index contributed by atoms with van der Waals surface area (Å²) < 4.78 is 24.5. The van der Waals surface area contributed by atoms with Crippen LogP contribution in [0.25, 0.3) is 10.9 Å². The van der Waals surface area contributed by atoms with Crippen LogP contribution < -0.4 is 5.32 Å². The third kappa shape index (κ3) is 6.58. The van der Waals surface area contributed by atoms with Crippen molar-refractivity contribution in [1.82, 2.24) is 14.8 Å². The van der Waals surface area contributed by atoms with Gasteiger partial charge < -0.3 is 33.7 Å². The maximum atomic E-state index is 13.6. The second-order valence-electron chi connectivity index (χ2n) is 9.23. The monoisotopic (exact) mass is 473 g/mol. The van der Waals surface area contributed by atoms with E-state index in [0.717, 1.165) is 38.8 Å². The lowest BCUT2D eigenvalue weighted by molar-refractivity contribution is -0.155. The Kier molecular flexibility index (Phi) is 9.35. The van der Waals surface area contributed by atoms with Gasteiger partial charge in [-0.2, -0.15) is 0 Å². The Morgan fingerprint density at radius 3 is 2.71 bits per heavy atom. The zero-order valence-electron chi connectivity index (χ0n) is 20.5. The molecule has 2 unspecified atom stereocenters. The molecule has 2 heterocycles. The summed E-state index contributed by atoms with van der Waals surface area (Å²) in [5.41, 5.74) is 2.40.